The maximum atomic E-state index is 6.20. The van der Waals surface area contributed by atoms with Crippen LogP contribution in [-0.2, 0) is 0 Å². The van der Waals surface area contributed by atoms with E-state index in [4.69, 9.17) is 24.1 Å². The van der Waals surface area contributed by atoms with Crippen LogP contribution < -0.4 is 4.74 Å². The van der Waals surface area contributed by atoms with Gasteiger partial charge in [-0.2, -0.15) is 0 Å². The molecular formula is C34H22N4O2S. The van der Waals surface area contributed by atoms with E-state index in [2.05, 4.69) is 41.4 Å². The van der Waals surface area contributed by atoms with Gasteiger partial charge in [-0.15, -0.1) is 11.3 Å². The summed E-state index contributed by atoms with van der Waals surface area (Å²) < 4.78 is 13.6. The van der Waals surface area contributed by atoms with Gasteiger partial charge in [-0.25, -0.2) is 19.9 Å². The zero-order valence-corrected chi connectivity index (χ0v) is 23.1. The highest BCUT2D eigenvalue weighted by Crippen LogP contribution is 2.39. The van der Waals surface area contributed by atoms with Gasteiger partial charge in [0.05, 0.1) is 11.4 Å². The summed E-state index contributed by atoms with van der Waals surface area (Å²) >= 11 is 1.69. The second kappa shape index (κ2) is 9.21. The highest BCUT2D eigenvalue weighted by molar-refractivity contribution is 7.26. The van der Waals surface area contributed by atoms with E-state index in [9.17, 15) is 0 Å². The third-order valence-corrected chi connectivity index (χ3v) is 8.36. The van der Waals surface area contributed by atoms with E-state index in [0.29, 0.717) is 17.5 Å². The van der Waals surface area contributed by atoms with Crippen LogP contribution in [0.2, 0.25) is 0 Å². The van der Waals surface area contributed by atoms with Gasteiger partial charge in [0.15, 0.2) is 0 Å². The van der Waals surface area contributed by atoms with E-state index in [1.807, 2.05) is 74.5 Å². The van der Waals surface area contributed by atoms with Crippen LogP contribution in [0.3, 0.4) is 0 Å². The molecule has 0 amide bonds. The predicted molar refractivity (Wildman–Crippen MR) is 165 cm³/mol. The summed E-state index contributed by atoms with van der Waals surface area (Å²) in [4.78, 5) is 20.0. The van der Waals surface area contributed by atoms with Crippen LogP contribution in [0.15, 0.2) is 101 Å². The zero-order chi connectivity index (χ0) is 27.5. The minimum Gasteiger partial charge on any atom is -0.437 e. The number of fused-ring (bicyclic) bond motifs is 6. The summed E-state index contributed by atoms with van der Waals surface area (Å²) in [5, 5.41) is 4.34. The molecule has 0 atom stereocenters. The Labute approximate surface area is 238 Å². The van der Waals surface area contributed by atoms with E-state index in [1.54, 1.807) is 11.3 Å². The number of rotatable bonds is 4. The van der Waals surface area contributed by atoms with Crippen LogP contribution >= 0.6 is 11.3 Å². The van der Waals surface area contributed by atoms with E-state index < -0.39 is 0 Å². The highest BCUT2D eigenvalue weighted by atomic mass is 32.1. The number of pyridine rings is 4. The van der Waals surface area contributed by atoms with Gasteiger partial charge in [-0.1, -0.05) is 42.5 Å². The van der Waals surface area contributed by atoms with Gasteiger partial charge >= 0.3 is 0 Å². The Morgan fingerprint density at radius 2 is 1.20 bits per heavy atom. The fraction of sp³-hybridized carbons (Fsp3) is 0.0588. The Morgan fingerprint density at radius 3 is 1.98 bits per heavy atom. The minimum atomic E-state index is 0.453. The van der Waals surface area contributed by atoms with Crippen molar-refractivity contribution in [2.75, 3.05) is 0 Å². The monoisotopic (exact) mass is 550 g/mol. The number of furan rings is 1. The van der Waals surface area contributed by atoms with Crippen LogP contribution in [0, 0.1) is 13.8 Å². The smallest absolute Gasteiger partial charge is 0.227 e. The van der Waals surface area contributed by atoms with Gasteiger partial charge in [0, 0.05) is 60.9 Å². The number of benzene rings is 2. The normalized spacial score (nSPS) is 11.7. The van der Waals surface area contributed by atoms with E-state index in [1.165, 1.54) is 5.39 Å². The lowest BCUT2D eigenvalue weighted by atomic mass is 10.1. The molecule has 0 aliphatic heterocycles. The topological polar surface area (TPSA) is 73.9 Å². The number of thiophene rings is 1. The number of ether oxygens (including phenoxy) is 1. The average molecular weight is 551 g/mol. The third kappa shape index (κ3) is 4.01. The molecule has 0 saturated heterocycles. The molecular weight excluding hydrogens is 528 g/mol. The number of nitrogens with zero attached hydrogens (tertiary/aromatic N) is 4. The lowest BCUT2D eigenvalue weighted by Crippen LogP contribution is -1.93. The molecule has 8 aromatic rings. The van der Waals surface area contributed by atoms with Crippen LogP contribution in [0.1, 0.15) is 11.4 Å². The molecule has 0 N–H and O–H groups in total. The standard InChI is InChI=1S/C34H22N4O2S/c1-19-15-17-23-21-7-3-9-25(31(21)40-33(23)35-19)27-11-5-13-29(37-27)39-30-14-6-12-28(38-30)26-10-4-8-22-24-18-16-20(2)36-34(24)41-32(22)26/h3-18H,1-2H3. The molecule has 0 aliphatic carbocycles. The first-order valence-corrected chi connectivity index (χ1v) is 14.1. The van der Waals surface area contributed by atoms with Gasteiger partial charge in [0.25, 0.3) is 0 Å². The summed E-state index contributed by atoms with van der Waals surface area (Å²) in [6.07, 6.45) is 0. The van der Waals surface area contributed by atoms with Crippen LogP contribution in [-0.4, -0.2) is 19.9 Å². The van der Waals surface area contributed by atoms with E-state index in [0.717, 1.165) is 65.2 Å². The molecule has 6 aromatic heterocycles. The third-order valence-electron chi connectivity index (χ3n) is 7.22. The Hall–Kier alpha value is -5.14. The second-order valence-electron chi connectivity index (χ2n) is 10.0. The lowest BCUT2D eigenvalue weighted by molar-refractivity contribution is 0.446. The van der Waals surface area contributed by atoms with Crippen LogP contribution in [0.4, 0.5) is 0 Å². The molecule has 6 heterocycles. The maximum Gasteiger partial charge on any atom is 0.227 e. The Balaban J connectivity index is 1.16. The first kappa shape index (κ1) is 23.7. The molecule has 0 saturated carbocycles. The van der Waals surface area contributed by atoms with Crippen molar-refractivity contribution in [3.05, 3.63) is 108 Å². The van der Waals surface area contributed by atoms with E-state index >= 15 is 0 Å². The minimum absolute atomic E-state index is 0.453. The van der Waals surface area contributed by atoms with Crippen molar-refractivity contribution >= 4 is 53.7 Å². The van der Waals surface area contributed by atoms with Crippen molar-refractivity contribution in [3.8, 4) is 34.3 Å². The first-order chi connectivity index (χ1) is 20.1. The van der Waals surface area contributed by atoms with Crippen LogP contribution in [0.25, 0.3) is 64.9 Å². The summed E-state index contributed by atoms with van der Waals surface area (Å²) in [5.74, 6) is 0.926. The number of aromatic nitrogens is 4. The summed E-state index contributed by atoms with van der Waals surface area (Å²) in [6.45, 7) is 3.98. The van der Waals surface area contributed by atoms with Gasteiger partial charge in [0.1, 0.15) is 10.4 Å². The molecule has 0 fully saturated rings. The summed E-state index contributed by atoms with van der Waals surface area (Å²) in [5.41, 5.74) is 6.82. The quantitative estimate of drug-likeness (QED) is 0.217. The molecule has 41 heavy (non-hydrogen) atoms. The van der Waals surface area contributed by atoms with Crippen molar-refractivity contribution in [1.82, 2.24) is 19.9 Å². The van der Waals surface area contributed by atoms with Crippen molar-refractivity contribution in [1.29, 1.82) is 0 Å². The predicted octanol–water partition coefficient (Wildman–Crippen LogP) is 9.28. The number of para-hydroxylation sites is 1. The molecule has 8 rings (SSSR count). The molecule has 6 nitrogen and oxygen atoms in total. The number of aryl methyl sites for hydroxylation is 2. The Kier molecular flexibility index (Phi) is 5.33. The maximum absolute atomic E-state index is 6.20. The number of hydrogen-bond donors (Lipinski definition) is 0. The molecule has 0 aliphatic rings. The molecule has 196 valence electrons. The fourth-order valence-corrected chi connectivity index (χ4v) is 6.54. The van der Waals surface area contributed by atoms with E-state index in [-0.39, 0.29) is 0 Å². The number of hydrogen-bond acceptors (Lipinski definition) is 7. The van der Waals surface area contributed by atoms with Gasteiger partial charge in [0.2, 0.25) is 17.5 Å². The van der Waals surface area contributed by atoms with Gasteiger partial charge in [-0.3, -0.25) is 0 Å². The van der Waals surface area contributed by atoms with Crippen molar-refractivity contribution in [2.24, 2.45) is 0 Å². The van der Waals surface area contributed by atoms with Crippen molar-refractivity contribution in [2.45, 2.75) is 13.8 Å². The SMILES string of the molecule is Cc1ccc2c(n1)oc1c(-c3cccc(Oc4cccc(-c5cccc6c5sc5nc(C)ccc56)n4)n3)cccc12. The molecule has 0 unspecified atom stereocenters. The average Bonchev–Trinajstić information content (AvgIpc) is 3.54. The highest BCUT2D eigenvalue weighted by Gasteiger charge is 2.16. The second-order valence-corrected chi connectivity index (χ2v) is 11.0. The first-order valence-electron chi connectivity index (χ1n) is 13.3. The van der Waals surface area contributed by atoms with Crippen LogP contribution in [0.5, 0.6) is 11.8 Å². The molecule has 7 heteroatoms. The summed E-state index contributed by atoms with van der Waals surface area (Å²) in [6, 6.07) is 32.2. The molecule has 0 radical (unpaired) electrons. The zero-order valence-electron chi connectivity index (χ0n) is 22.3. The fourth-order valence-electron chi connectivity index (χ4n) is 5.30. The molecule has 2 aromatic carbocycles. The van der Waals surface area contributed by atoms with Crippen molar-refractivity contribution in [3.63, 3.8) is 0 Å². The Bertz CT molecular complexity index is 2120. The van der Waals surface area contributed by atoms with Gasteiger partial charge in [-0.05, 0) is 56.3 Å². The Morgan fingerprint density at radius 1 is 0.561 bits per heavy atom. The van der Waals surface area contributed by atoms with Crippen molar-refractivity contribution < 1.29 is 9.15 Å². The molecule has 0 spiro atoms. The largest absolute Gasteiger partial charge is 0.437 e. The molecule has 0 bridgehead atoms. The lowest BCUT2D eigenvalue weighted by Gasteiger charge is -2.08. The van der Waals surface area contributed by atoms with Gasteiger partial charge < -0.3 is 9.15 Å². The summed E-state index contributed by atoms with van der Waals surface area (Å²) in [7, 11) is 0.